The second kappa shape index (κ2) is 4.19. The fraction of sp³-hybridized carbons (Fsp3) is 0.929. The number of nitrogens with zero attached hydrogens (tertiary/aromatic N) is 1. The molecule has 0 spiro atoms. The summed E-state index contributed by atoms with van der Waals surface area (Å²) in [6.45, 7) is 2.82. The van der Waals surface area contributed by atoms with Gasteiger partial charge in [-0.15, -0.1) is 0 Å². The number of amides is 1. The summed E-state index contributed by atoms with van der Waals surface area (Å²) in [6, 6.07) is 0.322. The van der Waals surface area contributed by atoms with E-state index in [0.29, 0.717) is 43.8 Å². The lowest BCUT2D eigenvalue weighted by Gasteiger charge is -2.37. The molecule has 0 aromatic carbocycles. The number of alkyl halides is 1. The second-order valence-corrected chi connectivity index (χ2v) is 6.73. The number of halogens is 1. The summed E-state index contributed by atoms with van der Waals surface area (Å²) in [4.78, 5) is 14.3. The zero-order chi connectivity index (χ0) is 12.9. The Morgan fingerprint density at radius 3 is 2.50 bits per heavy atom. The maximum Gasteiger partial charge on any atom is 0.225 e. The Bertz CT molecular complexity index is 348. The van der Waals surface area contributed by atoms with Gasteiger partial charge in [0.1, 0.15) is 5.67 Å². The minimum absolute atomic E-state index is 0.164. The van der Waals surface area contributed by atoms with Gasteiger partial charge < -0.3 is 10.6 Å². The van der Waals surface area contributed by atoms with E-state index in [1.807, 2.05) is 4.90 Å². The molecule has 1 heterocycles. The molecule has 0 bridgehead atoms. The van der Waals surface area contributed by atoms with Crippen molar-refractivity contribution >= 4 is 5.91 Å². The van der Waals surface area contributed by atoms with Crippen LogP contribution in [0.1, 0.15) is 39.0 Å². The molecule has 18 heavy (non-hydrogen) atoms. The normalized spacial score (nSPS) is 42.3. The molecule has 3 aliphatic rings. The number of carbonyl (C=O) groups excluding carboxylic acids is 1. The molecule has 2 aliphatic carbocycles. The fourth-order valence-corrected chi connectivity index (χ4v) is 3.93. The van der Waals surface area contributed by atoms with Crippen LogP contribution in [-0.4, -0.2) is 35.6 Å². The predicted octanol–water partition coefficient (Wildman–Crippen LogP) is 1.71. The quantitative estimate of drug-likeness (QED) is 0.774. The highest BCUT2D eigenvalue weighted by atomic mass is 19.1. The van der Waals surface area contributed by atoms with Crippen molar-refractivity contribution in [2.75, 3.05) is 13.1 Å². The molecule has 4 atom stereocenters. The van der Waals surface area contributed by atoms with Gasteiger partial charge in [0.2, 0.25) is 5.91 Å². The number of fused-ring (bicyclic) bond motifs is 1. The van der Waals surface area contributed by atoms with Gasteiger partial charge in [-0.2, -0.15) is 0 Å². The summed E-state index contributed by atoms with van der Waals surface area (Å²) in [5, 5.41) is 0. The number of likely N-dealkylation sites (tertiary alicyclic amines) is 1. The van der Waals surface area contributed by atoms with Crippen molar-refractivity contribution in [2.45, 2.75) is 50.7 Å². The number of hydrogen-bond acceptors (Lipinski definition) is 2. The molecule has 4 unspecified atom stereocenters. The van der Waals surface area contributed by atoms with E-state index in [-0.39, 0.29) is 11.8 Å². The third-order valence-corrected chi connectivity index (χ3v) is 5.34. The first kappa shape index (κ1) is 12.4. The van der Waals surface area contributed by atoms with Crippen LogP contribution in [0.3, 0.4) is 0 Å². The molecule has 3 rings (SSSR count). The summed E-state index contributed by atoms with van der Waals surface area (Å²) >= 11 is 0. The lowest BCUT2D eigenvalue weighted by molar-refractivity contribution is -0.137. The molecule has 1 aliphatic heterocycles. The van der Waals surface area contributed by atoms with Gasteiger partial charge >= 0.3 is 0 Å². The van der Waals surface area contributed by atoms with Crippen LogP contribution in [0.25, 0.3) is 0 Å². The van der Waals surface area contributed by atoms with Gasteiger partial charge in [-0.05, 0) is 50.9 Å². The fourth-order valence-electron chi connectivity index (χ4n) is 3.93. The van der Waals surface area contributed by atoms with Crippen LogP contribution in [-0.2, 0) is 4.79 Å². The molecule has 2 N–H and O–H groups in total. The maximum atomic E-state index is 13.7. The Labute approximate surface area is 108 Å². The Morgan fingerprint density at radius 2 is 1.94 bits per heavy atom. The minimum Gasteiger partial charge on any atom is -0.342 e. The van der Waals surface area contributed by atoms with Gasteiger partial charge in [0.05, 0.1) is 0 Å². The first-order valence-electron chi connectivity index (χ1n) is 7.19. The standard InChI is InChI=1S/C14H23FN2O/c1-14(15)2-4-17(5-3-14)13(18)10-6-9-8-12(16)11(9)7-10/h9-12H,2-8,16H2,1H3. The van der Waals surface area contributed by atoms with Gasteiger partial charge in [-0.3, -0.25) is 4.79 Å². The van der Waals surface area contributed by atoms with Crippen LogP contribution in [0.15, 0.2) is 0 Å². The van der Waals surface area contributed by atoms with E-state index < -0.39 is 5.67 Å². The van der Waals surface area contributed by atoms with Gasteiger partial charge in [-0.25, -0.2) is 4.39 Å². The largest absolute Gasteiger partial charge is 0.342 e. The Morgan fingerprint density at radius 1 is 1.28 bits per heavy atom. The van der Waals surface area contributed by atoms with Crippen LogP contribution in [0.5, 0.6) is 0 Å². The van der Waals surface area contributed by atoms with Crippen molar-refractivity contribution in [3.05, 3.63) is 0 Å². The summed E-state index contributed by atoms with van der Waals surface area (Å²) in [5.74, 6) is 1.69. The summed E-state index contributed by atoms with van der Waals surface area (Å²) < 4.78 is 13.7. The molecular weight excluding hydrogens is 231 g/mol. The average molecular weight is 254 g/mol. The van der Waals surface area contributed by atoms with Crippen molar-refractivity contribution in [3.63, 3.8) is 0 Å². The lowest BCUT2D eigenvalue weighted by Crippen LogP contribution is -2.45. The van der Waals surface area contributed by atoms with E-state index in [4.69, 9.17) is 5.73 Å². The molecule has 3 fully saturated rings. The van der Waals surface area contributed by atoms with Crippen molar-refractivity contribution in [1.82, 2.24) is 4.90 Å². The number of carbonyl (C=O) groups is 1. The van der Waals surface area contributed by atoms with Crippen LogP contribution in [0.4, 0.5) is 4.39 Å². The predicted molar refractivity (Wildman–Crippen MR) is 67.6 cm³/mol. The average Bonchev–Trinajstić information content (AvgIpc) is 2.66. The highest BCUT2D eigenvalue weighted by Gasteiger charge is 2.48. The summed E-state index contributed by atoms with van der Waals surface area (Å²) in [7, 11) is 0. The Hall–Kier alpha value is -0.640. The van der Waals surface area contributed by atoms with E-state index in [1.165, 1.54) is 0 Å². The molecule has 0 aromatic rings. The molecule has 102 valence electrons. The molecule has 3 nitrogen and oxygen atoms in total. The topological polar surface area (TPSA) is 46.3 Å². The van der Waals surface area contributed by atoms with Gasteiger partial charge in [0, 0.05) is 25.0 Å². The second-order valence-electron chi connectivity index (χ2n) is 6.73. The maximum absolute atomic E-state index is 13.7. The molecular formula is C14H23FN2O. The molecule has 2 saturated carbocycles. The van der Waals surface area contributed by atoms with E-state index in [0.717, 1.165) is 19.3 Å². The first-order valence-corrected chi connectivity index (χ1v) is 7.19. The third kappa shape index (κ3) is 2.04. The molecule has 4 heteroatoms. The van der Waals surface area contributed by atoms with Crippen molar-refractivity contribution in [3.8, 4) is 0 Å². The number of rotatable bonds is 1. The minimum atomic E-state index is -1.08. The Balaban J connectivity index is 1.56. The number of piperidine rings is 1. The molecule has 1 saturated heterocycles. The van der Waals surface area contributed by atoms with Crippen LogP contribution in [0, 0.1) is 17.8 Å². The zero-order valence-corrected chi connectivity index (χ0v) is 11.1. The van der Waals surface area contributed by atoms with Crippen molar-refractivity contribution < 1.29 is 9.18 Å². The Kier molecular flexibility index (Phi) is 2.88. The van der Waals surface area contributed by atoms with E-state index in [9.17, 15) is 9.18 Å². The van der Waals surface area contributed by atoms with Crippen molar-refractivity contribution in [1.29, 1.82) is 0 Å². The van der Waals surface area contributed by atoms with Gasteiger partial charge in [0.25, 0.3) is 0 Å². The van der Waals surface area contributed by atoms with Crippen LogP contribution < -0.4 is 5.73 Å². The number of hydrogen-bond donors (Lipinski definition) is 1. The highest BCUT2D eigenvalue weighted by Crippen LogP contribution is 2.49. The molecule has 0 aromatic heterocycles. The number of nitrogens with two attached hydrogens (primary N) is 1. The van der Waals surface area contributed by atoms with Crippen LogP contribution in [0.2, 0.25) is 0 Å². The molecule has 1 amide bonds. The molecule has 0 radical (unpaired) electrons. The smallest absolute Gasteiger partial charge is 0.225 e. The van der Waals surface area contributed by atoms with E-state index in [1.54, 1.807) is 6.92 Å². The summed E-state index contributed by atoms with van der Waals surface area (Å²) in [5.41, 5.74) is 4.89. The zero-order valence-electron chi connectivity index (χ0n) is 11.1. The van der Waals surface area contributed by atoms with E-state index >= 15 is 0 Å². The monoisotopic (exact) mass is 254 g/mol. The van der Waals surface area contributed by atoms with Crippen LogP contribution >= 0.6 is 0 Å². The SMILES string of the molecule is CC1(F)CCN(C(=O)C2CC3CC(N)C3C2)CC1. The van der Waals surface area contributed by atoms with Gasteiger partial charge in [-0.1, -0.05) is 0 Å². The van der Waals surface area contributed by atoms with Gasteiger partial charge in [0.15, 0.2) is 0 Å². The third-order valence-electron chi connectivity index (χ3n) is 5.34. The van der Waals surface area contributed by atoms with Crippen molar-refractivity contribution in [2.24, 2.45) is 23.5 Å². The lowest BCUT2D eigenvalue weighted by atomic mass is 9.72. The first-order chi connectivity index (χ1) is 8.46. The highest BCUT2D eigenvalue weighted by molar-refractivity contribution is 5.79. The van der Waals surface area contributed by atoms with E-state index in [2.05, 4.69) is 0 Å². The summed E-state index contributed by atoms with van der Waals surface area (Å²) in [6.07, 6.45) is 4.04.